The van der Waals surface area contributed by atoms with Crippen LogP contribution >= 0.6 is 15.9 Å². The minimum Gasteiger partial charge on any atom is -0.265 e. The summed E-state index contributed by atoms with van der Waals surface area (Å²) in [6.07, 6.45) is 2.70. The third-order valence-corrected chi connectivity index (χ3v) is 4.40. The molecular formula is C19H16BrN5O3. The summed E-state index contributed by atoms with van der Waals surface area (Å²) in [5, 5.41) is 19.2. The van der Waals surface area contributed by atoms with Crippen LogP contribution in [-0.2, 0) is 6.54 Å². The van der Waals surface area contributed by atoms with Crippen molar-refractivity contribution < 1.29 is 9.72 Å². The lowest BCUT2D eigenvalue weighted by Crippen LogP contribution is -2.19. The lowest BCUT2D eigenvalue weighted by atomic mass is 10.2. The number of hydrogen-bond acceptors (Lipinski definition) is 5. The van der Waals surface area contributed by atoms with Gasteiger partial charge in [0, 0.05) is 4.47 Å². The molecule has 3 rings (SSSR count). The molecule has 2 aromatic carbocycles. The summed E-state index contributed by atoms with van der Waals surface area (Å²) < 4.78 is 2.29. The fourth-order valence-corrected chi connectivity index (χ4v) is 2.70. The zero-order valence-corrected chi connectivity index (χ0v) is 16.5. The van der Waals surface area contributed by atoms with Gasteiger partial charge in [-0.25, -0.2) is 5.43 Å². The van der Waals surface area contributed by atoms with E-state index < -0.39 is 10.8 Å². The maximum absolute atomic E-state index is 12.3. The number of nitrogens with one attached hydrogen (secondary N) is 1. The molecule has 0 aliphatic rings. The van der Waals surface area contributed by atoms with E-state index >= 15 is 0 Å². The predicted octanol–water partition coefficient (Wildman–Crippen LogP) is 3.67. The normalized spacial score (nSPS) is 10.9. The molecule has 0 aliphatic carbocycles. The van der Waals surface area contributed by atoms with E-state index in [4.69, 9.17) is 0 Å². The Labute approximate surface area is 169 Å². The minimum absolute atomic E-state index is 0.289. The Morgan fingerprint density at radius 2 is 1.93 bits per heavy atom. The number of amides is 1. The van der Waals surface area contributed by atoms with Crippen molar-refractivity contribution in [3.63, 3.8) is 0 Å². The fraction of sp³-hybridized carbons (Fsp3) is 0.105. The molecule has 0 atom stereocenters. The molecule has 0 saturated carbocycles. The van der Waals surface area contributed by atoms with Crippen LogP contribution in [0.2, 0.25) is 0 Å². The average Bonchev–Trinajstić information content (AvgIpc) is 3.09. The van der Waals surface area contributed by atoms with Gasteiger partial charge in [-0.05, 0) is 30.2 Å². The SMILES string of the molecule is Cc1ccc(/C=N\NC(=O)c2nn(Cc3ccc(Br)cc3)cc2[N+](=O)[O-])cc1. The first-order valence-electron chi connectivity index (χ1n) is 8.29. The number of rotatable bonds is 6. The van der Waals surface area contributed by atoms with Gasteiger partial charge < -0.3 is 0 Å². The number of nitro groups is 1. The highest BCUT2D eigenvalue weighted by Gasteiger charge is 2.25. The second-order valence-electron chi connectivity index (χ2n) is 6.05. The molecule has 0 unspecified atom stereocenters. The standard InChI is InChI=1S/C19H16BrN5O3/c1-13-2-4-14(5-3-13)10-21-22-19(26)18-17(25(27)28)12-24(23-18)11-15-6-8-16(20)9-7-15/h2-10,12H,11H2,1H3,(H,22,26)/b21-10-. The third kappa shape index (κ3) is 4.89. The smallest absolute Gasteiger partial charge is 0.265 e. The Morgan fingerprint density at radius 3 is 2.57 bits per heavy atom. The number of aryl methyl sites for hydroxylation is 1. The molecule has 8 nitrogen and oxygen atoms in total. The molecule has 1 N–H and O–H groups in total. The van der Waals surface area contributed by atoms with E-state index in [1.54, 1.807) is 0 Å². The second kappa shape index (κ2) is 8.57. The topological polar surface area (TPSA) is 102 Å². The summed E-state index contributed by atoms with van der Waals surface area (Å²) in [6, 6.07) is 15.0. The molecule has 28 heavy (non-hydrogen) atoms. The summed E-state index contributed by atoms with van der Waals surface area (Å²) in [5.74, 6) is -0.746. The molecule has 1 heterocycles. The molecule has 0 spiro atoms. The molecular weight excluding hydrogens is 426 g/mol. The van der Waals surface area contributed by atoms with Gasteiger partial charge in [0.1, 0.15) is 6.20 Å². The Hall–Kier alpha value is -3.33. The lowest BCUT2D eigenvalue weighted by Gasteiger charge is -2.01. The monoisotopic (exact) mass is 441 g/mol. The van der Waals surface area contributed by atoms with E-state index in [9.17, 15) is 14.9 Å². The van der Waals surface area contributed by atoms with Crippen LogP contribution in [-0.4, -0.2) is 26.8 Å². The van der Waals surface area contributed by atoms with Crippen molar-refractivity contribution in [3.8, 4) is 0 Å². The Balaban J connectivity index is 1.74. The van der Waals surface area contributed by atoms with Crippen LogP contribution in [0.5, 0.6) is 0 Å². The van der Waals surface area contributed by atoms with E-state index in [2.05, 4.69) is 31.6 Å². The Morgan fingerprint density at radius 1 is 1.25 bits per heavy atom. The lowest BCUT2D eigenvalue weighted by molar-refractivity contribution is -0.385. The minimum atomic E-state index is -0.746. The van der Waals surface area contributed by atoms with Crippen molar-refractivity contribution in [3.05, 3.63) is 91.7 Å². The Bertz CT molecular complexity index is 1030. The van der Waals surface area contributed by atoms with Gasteiger partial charge in [-0.1, -0.05) is 57.9 Å². The molecule has 0 aliphatic heterocycles. The summed E-state index contributed by atoms with van der Waals surface area (Å²) in [4.78, 5) is 23.0. The number of nitrogens with zero attached hydrogens (tertiary/aromatic N) is 4. The average molecular weight is 442 g/mol. The van der Waals surface area contributed by atoms with Gasteiger partial charge >= 0.3 is 5.69 Å². The predicted molar refractivity (Wildman–Crippen MR) is 108 cm³/mol. The van der Waals surface area contributed by atoms with Crippen molar-refractivity contribution in [1.29, 1.82) is 0 Å². The highest BCUT2D eigenvalue weighted by Crippen LogP contribution is 2.18. The number of carbonyl (C=O) groups excluding carboxylic acids is 1. The molecule has 0 saturated heterocycles. The van der Waals surface area contributed by atoms with Gasteiger partial charge in [0.05, 0.1) is 17.7 Å². The summed E-state index contributed by atoms with van der Waals surface area (Å²) in [6.45, 7) is 2.26. The largest absolute Gasteiger partial charge is 0.320 e. The number of aromatic nitrogens is 2. The van der Waals surface area contributed by atoms with E-state index in [1.807, 2.05) is 55.5 Å². The van der Waals surface area contributed by atoms with Crippen molar-refractivity contribution >= 4 is 33.7 Å². The molecule has 0 radical (unpaired) electrons. The van der Waals surface area contributed by atoms with Crippen LogP contribution in [0, 0.1) is 17.0 Å². The van der Waals surface area contributed by atoms with Gasteiger partial charge in [-0.15, -0.1) is 0 Å². The maximum Gasteiger partial charge on any atom is 0.320 e. The number of halogens is 1. The van der Waals surface area contributed by atoms with Gasteiger partial charge in [0.15, 0.2) is 0 Å². The van der Waals surface area contributed by atoms with Crippen molar-refractivity contribution in [2.45, 2.75) is 13.5 Å². The van der Waals surface area contributed by atoms with Gasteiger partial charge in [0.25, 0.3) is 5.91 Å². The van der Waals surface area contributed by atoms with Crippen LogP contribution in [0.4, 0.5) is 5.69 Å². The van der Waals surface area contributed by atoms with Crippen LogP contribution in [0.3, 0.4) is 0 Å². The van der Waals surface area contributed by atoms with Gasteiger partial charge in [0.2, 0.25) is 5.69 Å². The summed E-state index contributed by atoms with van der Waals surface area (Å²) >= 11 is 3.35. The third-order valence-electron chi connectivity index (χ3n) is 3.87. The summed E-state index contributed by atoms with van der Waals surface area (Å²) in [7, 11) is 0. The van der Waals surface area contributed by atoms with Crippen molar-refractivity contribution in [2.75, 3.05) is 0 Å². The highest BCUT2D eigenvalue weighted by atomic mass is 79.9. The molecule has 1 amide bonds. The molecule has 1 aromatic heterocycles. The number of hydrazone groups is 1. The first-order valence-corrected chi connectivity index (χ1v) is 9.08. The second-order valence-corrected chi connectivity index (χ2v) is 6.97. The highest BCUT2D eigenvalue weighted by molar-refractivity contribution is 9.10. The van der Waals surface area contributed by atoms with Crippen molar-refractivity contribution in [1.82, 2.24) is 15.2 Å². The fourth-order valence-electron chi connectivity index (χ4n) is 2.43. The van der Waals surface area contributed by atoms with Crippen LogP contribution in [0.15, 0.2) is 64.3 Å². The van der Waals surface area contributed by atoms with Crippen molar-refractivity contribution in [2.24, 2.45) is 5.10 Å². The molecule has 0 bridgehead atoms. The van der Waals surface area contributed by atoms with E-state index in [-0.39, 0.29) is 11.4 Å². The molecule has 142 valence electrons. The maximum atomic E-state index is 12.3. The number of benzene rings is 2. The van der Waals surface area contributed by atoms with E-state index in [0.29, 0.717) is 6.54 Å². The summed E-state index contributed by atoms with van der Waals surface area (Å²) in [5.41, 5.74) is 4.41. The molecule has 9 heteroatoms. The van der Waals surface area contributed by atoms with Gasteiger partial charge in [-0.2, -0.15) is 10.2 Å². The zero-order chi connectivity index (χ0) is 20.1. The van der Waals surface area contributed by atoms with Crippen LogP contribution < -0.4 is 5.43 Å². The van der Waals surface area contributed by atoms with E-state index in [1.165, 1.54) is 17.1 Å². The van der Waals surface area contributed by atoms with Gasteiger partial charge in [-0.3, -0.25) is 19.6 Å². The van der Waals surface area contributed by atoms with E-state index in [0.717, 1.165) is 21.2 Å². The first-order chi connectivity index (χ1) is 13.4. The van der Waals surface area contributed by atoms with Crippen LogP contribution in [0.1, 0.15) is 27.2 Å². The zero-order valence-electron chi connectivity index (χ0n) is 14.9. The number of carbonyl (C=O) groups is 1. The first kappa shape index (κ1) is 19.4. The quantitative estimate of drug-likeness (QED) is 0.358. The Kier molecular flexibility index (Phi) is 5.95. The van der Waals surface area contributed by atoms with Crippen LogP contribution in [0.25, 0.3) is 0 Å². The number of hydrogen-bond donors (Lipinski definition) is 1. The molecule has 3 aromatic rings. The molecule has 0 fully saturated rings.